The molecule has 0 fully saturated rings. The fraction of sp³-hybridized carbons (Fsp3) is 0.250. The summed E-state index contributed by atoms with van der Waals surface area (Å²) >= 11 is 1.54. The van der Waals surface area contributed by atoms with E-state index in [2.05, 4.69) is 4.98 Å². The van der Waals surface area contributed by atoms with Gasteiger partial charge in [-0.25, -0.2) is 4.98 Å². The van der Waals surface area contributed by atoms with Gasteiger partial charge in [-0.05, 0) is 32.0 Å². The second-order valence-electron chi connectivity index (χ2n) is 5.11. The largest absolute Gasteiger partial charge is 0.451 e. The number of benzene rings is 1. The number of amides is 1. The maximum absolute atomic E-state index is 12.5. The van der Waals surface area contributed by atoms with Gasteiger partial charge in [0.05, 0.1) is 6.04 Å². The van der Waals surface area contributed by atoms with Gasteiger partial charge in [-0.2, -0.15) is 0 Å². The van der Waals surface area contributed by atoms with Gasteiger partial charge in [-0.15, -0.1) is 11.3 Å². The SMILES string of the molecule is Cc1ccc2oc(C(=O)N(C)[C@@H](C)c3nccs3)cc2c1. The van der Waals surface area contributed by atoms with E-state index < -0.39 is 0 Å². The lowest BCUT2D eigenvalue weighted by atomic mass is 10.2. The molecule has 0 aliphatic heterocycles. The third-order valence-electron chi connectivity index (χ3n) is 3.59. The standard InChI is InChI=1S/C16H16N2O2S/c1-10-4-5-13-12(8-10)9-14(20-13)16(19)18(3)11(2)15-17-6-7-21-15/h4-9,11H,1-3H3/t11-/m0/s1. The number of aryl methyl sites for hydroxylation is 1. The molecule has 3 aromatic rings. The summed E-state index contributed by atoms with van der Waals surface area (Å²) in [4.78, 5) is 18.5. The van der Waals surface area contributed by atoms with Gasteiger partial charge in [-0.3, -0.25) is 4.79 Å². The van der Waals surface area contributed by atoms with E-state index in [1.54, 1.807) is 35.5 Å². The highest BCUT2D eigenvalue weighted by Crippen LogP contribution is 2.25. The maximum Gasteiger partial charge on any atom is 0.289 e. The molecule has 0 saturated carbocycles. The van der Waals surface area contributed by atoms with Crippen LogP contribution in [0.25, 0.3) is 11.0 Å². The molecular formula is C16H16N2O2S. The Morgan fingerprint density at radius 3 is 2.90 bits per heavy atom. The molecule has 0 bridgehead atoms. The number of aromatic nitrogens is 1. The molecule has 0 N–H and O–H groups in total. The van der Waals surface area contributed by atoms with Crippen LogP contribution >= 0.6 is 11.3 Å². The summed E-state index contributed by atoms with van der Waals surface area (Å²) in [5.74, 6) is 0.230. The van der Waals surface area contributed by atoms with E-state index in [4.69, 9.17) is 4.42 Å². The number of rotatable bonds is 3. The highest BCUT2D eigenvalue weighted by molar-refractivity contribution is 7.09. The summed E-state index contributed by atoms with van der Waals surface area (Å²) in [5, 5.41) is 3.78. The van der Waals surface area contributed by atoms with Crippen LogP contribution in [0.15, 0.2) is 40.3 Å². The Labute approximate surface area is 127 Å². The summed E-state index contributed by atoms with van der Waals surface area (Å²) in [6.07, 6.45) is 1.75. The number of nitrogens with zero attached hydrogens (tertiary/aromatic N) is 2. The van der Waals surface area contributed by atoms with E-state index in [1.165, 1.54) is 0 Å². The van der Waals surface area contributed by atoms with Gasteiger partial charge >= 0.3 is 0 Å². The van der Waals surface area contributed by atoms with Crippen molar-refractivity contribution in [3.63, 3.8) is 0 Å². The maximum atomic E-state index is 12.5. The van der Waals surface area contributed by atoms with Crippen molar-refractivity contribution < 1.29 is 9.21 Å². The topological polar surface area (TPSA) is 46.3 Å². The fourth-order valence-electron chi connectivity index (χ4n) is 2.22. The molecule has 0 aliphatic carbocycles. The predicted octanol–water partition coefficient (Wildman–Crippen LogP) is 4.03. The van der Waals surface area contributed by atoms with Crippen LogP contribution in [0.5, 0.6) is 0 Å². The first-order valence-corrected chi connectivity index (χ1v) is 7.61. The first kappa shape index (κ1) is 13.8. The number of hydrogen-bond donors (Lipinski definition) is 0. The molecule has 3 rings (SSSR count). The molecule has 0 saturated heterocycles. The molecule has 2 heterocycles. The normalized spacial score (nSPS) is 12.5. The van der Waals surface area contributed by atoms with E-state index in [1.807, 2.05) is 37.4 Å². The molecular weight excluding hydrogens is 284 g/mol. The van der Waals surface area contributed by atoms with Gasteiger partial charge in [0.2, 0.25) is 0 Å². The van der Waals surface area contributed by atoms with Crippen LogP contribution in [0, 0.1) is 6.92 Å². The fourth-order valence-corrected chi connectivity index (χ4v) is 2.96. The van der Waals surface area contributed by atoms with Crippen LogP contribution in [-0.2, 0) is 0 Å². The van der Waals surface area contributed by atoms with Gasteiger partial charge in [0.1, 0.15) is 10.6 Å². The summed E-state index contributed by atoms with van der Waals surface area (Å²) in [6.45, 7) is 3.98. The summed E-state index contributed by atoms with van der Waals surface area (Å²) in [7, 11) is 1.77. The third-order valence-corrected chi connectivity index (χ3v) is 4.54. The van der Waals surface area contributed by atoms with Gasteiger partial charge in [0.25, 0.3) is 5.91 Å². The lowest BCUT2D eigenvalue weighted by Crippen LogP contribution is -2.29. The van der Waals surface area contributed by atoms with E-state index in [0.29, 0.717) is 5.76 Å². The van der Waals surface area contributed by atoms with Crippen LogP contribution in [0.1, 0.15) is 34.1 Å². The quantitative estimate of drug-likeness (QED) is 0.733. The Bertz CT molecular complexity index is 777. The Morgan fingerprint density at radius 2 is 2.19 bits per heavy atom. The molecule has 108 valence electrons. The van der Waals surface area contributed by atoms with E-state index in [9.17, 15) is 4.79 Å². The van der Waals surface area contributed by atoms with Crippen LogP contribution in [0.3, 0.4) is 0 Å². The summed E-state index contributed by atoms with van der Waals surface area (Å²) < 4.78 is 5.67. The van der Waals surface area contributed by atoms with Crippen LogP contribution in [0.2, 0.25) is 0 Å². The van der Waals surface area contributed by atoms with Crippen LogP contribution in [-0.4, -0.2) is 22.8 Å². The van der Waals surface area contributed by atoms with Crippen LogP contribution in [0.4, 0.5) is 0 Å². The van der Waals surface area contributed by atoms with Crippen molar-refractivity contribution in [1.29, 1.82) is 0 Å². The lowest BCUT2D eigenvalue weighted by Gasteiger charge is -2.21. The monoisotopic (exact) mass is 300 g/mol. The van der Waals surface area contributed by atoms with E-state index in [-0.39, 0.29) is 11.9 Å². The number of thiazole rings is 1. The average Bonchev–Trinajstić information content (AvgIpc) is 3.13. The second-order valence-corrected chi connectivity index (χ2v) is 6.04. The first-order chi connectivity index (χ1) is 10.1. The number of carbonyl (C=O) groups is 1. The molecule has 0 radical (unpaired) electrons. The Morgan fingerprint density at radius 1 is 1.38 bits per heavy atom. The summed E-state index contributed by atoms with van der Waals surface area (Å²) in [6, 6.07) is 7.61. The number of carbonyl (C=O) groups excluding carboxylic acids is 1. The molecule has 2 aromatic heterocycles. The Hall–Kier alpha value is -2.14. The smallest absolute Gasteiger partial charge is 0.289 e. The Kier molecular flexibility index (Phi) is 3.51. The zero-order chi connectivity index (χ0) is 15.0. The Balaban J connectivity index is 1.89. The second kappa shape index (κ2) is 5.33. The average molecular weight is 300 g/mol. The number of furan rings is 1. The molecule has 4 nitrogen and oxygen atoms in total. The van der Waals surface area contributed by atoms with Crippen molar-refractivity contribution in [2.45, 2.75) is 19.9 Å². The van der Waals surface area contributed by atoms with Crippen molar-refractivity contribution in [3.05, 3.63) is 52.2 Å². The molecule has 21 heavy (non-hydrogen) atoms. The van der Waals surface area contributed by atoms with Crippen molar-refractivity contribution in [1.82, 2.24) is 9.88 Å². The molecule has 1 aromatic carbocycles. The molecule has 5 heteroatoms. The lowest BCUT2D eigenvalue weighted by molar-refractivity contribution is 0.0712. The summed E-state index contributed by atoms with van der Waals surface area (Å²) in [5.41, 5.74) is 1.88. The predicted molar refractivity (Wildman–Crippen MR) is 83.6 cm³/mol. The third kappa shape index (κ3) is 2.56. The highest BCUT2D eigenvalue weighted by atomic mass is 32.1. The zero-order valence-electron chi connectivity index (χ0n) is 12.2. The van der Waals surface area contributed by atoms with Crippen LogP contribution < -0.4 is 0 Å². The zero-order valence-corrected chi connectivity index (χ0v) is 13.0. The highest BCUT2D eigenvalue weighted by Gasteiger charge is 2.23. The van der Waals surface area contributed by atoms with Crippen molar-refractivity contribution in [2.75, 3.05) is 7.05 Å². The van der Waals surface area contributed by atoms with Gasteiger partial charge in [0, 0.05) is 24.0 Å². The van der Waals surface area contributed by atoms with Crippen molar-refractivity contribution >= 4 is 28.2 Å². The molecule has 0 aliphatic rings. The minimum absolute atomic E-state index is 0.0764. The molecule has 0 unspecified atom stereocenters. The van der Waals surface area contributed by atoms with E-state index >= 15 is 0 Å². The molecule has 0 spiro atoms. The van der Waals surface area contributed by atoms with Gasteiger partial charge in [0.15, 0.2) is 5.76 Å². The number of hydrogen-bond acceptors (Lipinski definition) is 4. The minimum Gasteiger partial charge on any atom is -0.451 e. The van der Waals surface area contributed by atoms with Gasteiger partial charge in [-0.1, -0.05) is 11.6 Å². The van der Waals surface area contributed by atoms with Gasteiger partial charge < -0.3 is 9.32 Å². The molecule has 1 amide bonds. The number of fused-ring (bicyclic) bond motifs is 1. The molecule has 1 atom stereocenters. The van der Waals surface area contributed by atoms with Crippen molar-refractivity contribution in [2.24, 2.45) is 0 Å². The van der Waals surface area contributed by atoms with Crippen molar-refractivity contribution in [3.8, 4) is 0 Å². The first-order valence-electron chi connectivity index (χ1n) is 6.73. The van der Waals surface area contributed by atoms with E-state index in [0.717, 1.165) is 21.5 Å². The minimum atomic E-state index is -0.133.